The normalized spacial score (nSPS) is 17.8. The minimum absolute atomic E-state index is 0.0299. The fraction of sp³-hybridized carbons (Fsp3) is 0.304. The average molecular weight is 473 g/mol. The molecule has 0 spiro atoms. The smallest absolute Gasteiger partial charge is 0.324 e. The molecule has 3 N–H and O–H groups in total. The van der Waals surface area contributed by atoms with E-state index >= 15 is 0 Å². The van der Waals surface area contributed by atoms with Crippen molar-refractivity contribution in [2.45, 2.75) is 38.2 Å². The van der Waals surface area contributed by atoms with E-state index in [0.29, 0.717) is 11.6 Å². The maximum absolute atomic E-state index is 14.6. The van der Waals surface area contributed by atoms with Gasteiger partial charge in [0.15, 0.2) is 0 Å². The summed E-state index contributed by atoms with van der Waals surface area (Å²) in [6.07, 6.45) is 6.62. The topological polar surface area (TPSA) is 105 Å². The average Bonchev–Trinajstić information content (AvgIpc) is 3.61. The van der Waals surface area contributed by atoms with Gasteiger partial charge in [-0.3, -0.25) is 10.1 Å². The van der Waals surface area contributed by atoms with Gasteiger partial charge in [0.2, 0.25) is 5.91 Å². The second-order valence-electron chi connectivity index (χ2n) is 8.06. The molecule has 11 heteroatoms. The number of hydrogen-bond acceptors (Lipinski definition) is 5. The van der Waals surface area contributed by atoms with Crippen molar-refractivity contribution >= 4 is 23.6 Å². The first kappa shape index (κ1) is 23.3. The molecule has 2 aromatic heterocycles. The molecule has 4 rings (SSSR count). The van der Waals surface area contributed by atoms with Crippen molar-refractivity contribution in [3.63, 3.8) is 0 Å². The number of rotatable bonds is 7. The van der Waals surface area contributed by atoms with Crippen LogP contribution in [-0.2, 0) is 10.7 Å². The number of ether oxygens (including phenoxy) is 1. The van der Waals surface area contributed by atoms with Crippen LogP contribution in [0.5, 0.6) is 5.75 Å². The van der Waals surface area contributed by atoms with Crippen molar-refractivity contribution in [3.05, 3.63) is 65.9 Å². The van der Waals surface area contributed by atoms with Crippen LogP contribution in [0.2, 0.25) is 0 Å². The molecule has 2 aromatic rings. The van der Waals surface area contributed by atoms with Gasteiger partial charge in [-0.15, -0.1) is 0 Å². The van der Waals surface area contributed by atoms with Gasteiger partial charge in [0.1, 0.15) is 29.3 Å². The molecule has 2 aliphatic carbocycles. The summed E-state index contributed by atoms with van der Waals surface area (Å²) in [6.45, 7) is 0.731. The molecular weight excluding hydrogens is 451 g/mol. The van der Waals surface area contributed by atoms with Gasteiger partial charge in [-0.25, -0.2) is 27.9 Å². The van der Waals surface area contributed by atoms with Crippen LogP contribution in [0.3, 0.4) is 0 Å². The first-order valence-corrected chi connectivity index (χ1v) is 10.6. The highest BCUT2D eigenvalue weighted by molar-refractivity contribution is 5.93. The Labute approximate surface area is 193 Å². The molecule has 2 heterocycles. The molecule has 0 aliphatic heterocycles. The number of carbonyl (C=O) groups is 2. The molecule has 0 bridgehead atoms. The summed E-state index contributed by atoms with van der Waals surface area (Å²) in [4.78, 5) is 32.0. The summed E-state index contributed by atoms with van der Waals surface area (Å²) in [5, 5.41) is 7.36. The highest BCUT2D eigenvalue weighted by atomic mass is 19.3. The molecule has 1 atom stereocenters. The third-order valence-electron chi connectivity index (χ3n) is 5.12. The van der Waals surface area contributed by atoms with Crippen LogP contribution in [0.1, 0.15) is 31.7 Å². The first-order valence-electron chi connectivity index (χ1n) is 10.6. The Morgan fingerprint density at radius 1 is 1.06 bits per heavy atom. The highest BCUT2D eigenvalue weighted by Crippen LogP contribution is 2.31. The number of aromatic nitrogens is 2. The number of amides is 3. The molecular formula is C23H22F3N5O3. The number of anilines is 2. The maximum atomic E-state index is 14.6. The van der Waals surface area contributed by atoms with Crippen molar-refractivity contribution in [1.82, 2.24) is 15.3 Å². The number of nitrogens with zero attached hydrogens (tertiary/aromatic N) is 2. The predicted molar refractivity (Wildman–Crippen MR) is 118 cm³/mol. The van der Waals surface area contributed by atoms with E-state index in [-0.39, 0.29) is 35.3 Å². The molecule has 178 valence electrons. The molecule has 1 fully saturated rings. The van der Waals surface area contributed by atoms with Crippen molar-refractivity contribution in [3.8, 4) is 5.75 Å². The summed E-state index contributed by atoms with van der Waals surface area (Å²) < 4.78 is 47.2. The number of pyridine rings is 2. The third kappa shape index (κ3) is 6.12. The summed E-state index contributed by atoms with van der Waals surface area (Å²) in [7, 11) is 0. The van der Waals surface area contributed by atoms with Crippen LogP contribution >= 0.6 is 0 Å². The molecule has 2 aliphatic rings. The number of hydrogen-bond donors (Lipinski definition) is 3. The fourth-order valence-electron chi connectivity index (χ4n) is 3.19. The molecule has 0 saturated heterocycles. The van der Waals surface area contributed by atoms with Gasteiger partial charge in [0.25, 0.3) is 5.92 Å². The Bertz CT molecular complexity index is 1160. The van der Waals surface area contributed by atoms with Gasteiger partial charge in [0.05, 0.1) is 5.70 Å². The van der Waals surface area contributed by atoms with Crippen LogP contribution in [0.15, 0.2) is 60.3 Å². The maximum Gasteiger partial charge on any atom is 0.324 e. The Morgan fingerprint density at radius 2 is 1.76 bits per heavy atom. The quantitative estimate of drug-likeness (QED) is 0.543. The summed E-state index contributed by atoms with van der Waals surface area (Å²) >= 11 is 0. The largest absolute Gasteiger partial charge is 0.486 e. The van der Waals surface area contributed by atoms with Crippen molar-refractivity contribution in [1.29, 1.82) is 0 Å². The number of urea groups is 1. The lowest BCUT2D eigenvalue weighted by atomic mass is 10.1. The van der Waals surface area contributed by atoms with Crippen molar-refractivity contribution < 1.29 is 27.5 Å². The van der Waals surface area contributed by atoms with Crippen LogP contribution in [0, 0.1) is 5.92 Å². The van der Waals surface area contributed by atoms with Gasteiger partial charge >= 0.3 is 6.03 Å². The Hall–Kier alpha value is -3.89. The number of halogens is 3. The molecule has 1 saturated carbocycles. The Kier molecular flexibility index (Phi) is 6.53. The van der Waals surface area contributed by atoms with Crippen LogP contribution < -0.4 is 20.7 Å². The zero-order valence-corrected chi connectivity index (χ0v) is 18.1. The fourth-order valence-corrected chi connectivity index (χ4v) is 3.19. The van der Waals surface area contributed by atoms with Gasteiger partial charge in [-0.2, -0.15) is 0 Å². The van der Waals surface area contributed by atoms with E-state index in [1.807, 2.05) is 0 Å². The number of alkyl halides is 2. The minimum atomic E-state index is -3.09. The van der Waals surface area contributed by atoms with Crippen LogP contribution in [0.25, 0.3) is 0 Å². The van der Waals surface area contributed by atoms with E-state index in [0.717, 1.165) is 38.1 Å². The number of nitrogens with one attached hydrogen (secondary N) is 3. The first-order chi connectivity index (χ1) is 16.2. The number of allylic oxidation sites excluding steroid dienone is 1. The predicted octanol–water partition coefficient (Wildman–Crippen LogP) is 4.65. The van der Waals surface area contributed by atoms with Crippen molar-refractivity contribution in [2.24, 2.45) is 5.92 Å². The van der Waals surface area contributed by atoms with E-state index < -0.39 is 23.9 Å². The lowest BCUT2D eigenvalue weighted by Crippen LogP contribution is -2.31. The zero-order chi connectivity index (χ0) is 24.3. The lowest BCUT2D eigenvalue weighted by molar-refractivity contribution is -0.117. The zero-order valence-electron chi connectivity index (χ0n) is 18.1. The summed E-state index contributed by atoms with van der Waals surface area (Å²) in [5.74, 6) is -3.22. The van der Waals surface area contributed by atoms with E-state index in [1.165, 1.54) is 18.3 Å². The summed E-state index contributed by atoms with van der Waals surface area (Å²) in [6, 6.07) is 4.49. The molecule has 0 aromatic carbocycles. The van der Waals surface area contributed by atoms with E-state index in [9.17, 15) is 22.8 Å². The lowest BCUT2D eigenvalue weighted by Gasteiger charge is -2.20. The van der Waals surface area contributed by atoms with E-state index in [2.05, 4.69) is 25.9 Å². The molecule has 1 unspecified atom stereocenters. The van der Waals surface area contributed by atoms with Gasteiger partial charge < -0.3 is 15.4 Å². The van der Waals surface area contributed by atoms with Crippen LogP contribution in [-0.4, -0.2) is 28.0 Å². The molecule has 34 heavy (non-hydrogen) atoms. The van der Waals surface area contributed by atoms with Crippen molar-refractivity contribution in [2.75, 3.05) is 10.6 Å². The van der Waals surface area contributed by atoms with Gasteiger partial charge in [-0.1, -0.05) is 6.08 Å². The third-order valence-corrected chi connectivity index (χ3v) is 5.12. The van der Waals surface area contributed by atoms with E-state index in [1.54, 1.807) is 12.1 Å². The van der Waals surface area contributed by atoms with Crippen LogP contribution in [0.4, 0.5) is 29.6 Å². The SMILES string of the molecule is CC(F)(F)c1ccnc(NC(=O)NC2=CCC(Oc3ccnc(NC(=O)C4CC4)c3)C=C2F)c1. The number of carbonyl (C=O) groups excluding carboxylic acids is 2. The molecule has 8 nitrogen and oxygen atoms in total. The monoisotopic (exact) mass is 473 g/mol. The van der Waals surface area contributed by atoms with E-state index in [4.69, 9.17) is 4.74 Å². The minimum Gasteiger partial charge on any atom is -0.486 e. The highest BCUT2D eigenvalue weighted by Gasteiger charge is 2.30. The molecule has 0 radical (unpaired) electrons. The summed E-state index contributed by atoms with van der Waals surface area (Å²) in [5.41, 5.74) is -0.395. The van der Waals surface area contributed by atoms with Gasteiger partial charge in [0, 0.05) is 43.3 Å². The standard InChI is InChI=1S/C23H22F3N5O3/c1-23(25,26)14-6-8-27-19(10-14)31-22(33)29-18-5-4-15(11-17(18)24)34-16-7-9-28-20(12-16)30-21(32)13-2-3-13/h5-13,15H,2-4H2,1H3,(H,28,30,32)(H2,27,29,31,33). The van der Waals surface area contributed by atoms with Gasteiger partial charge in [-0.05, 0) is 37.1 Å². The Morgan fingerprint density at radius 3 is 2.44 bits per heavy atom. The second kappa shape index (κ2) is 9.54. The molecule has 3 amide bonds. The second-order valence-corrected chi connectivity index (χ2v) is 8.06. The Balaban J connectivity index is 1.32.